The van der Waals surface area contributed by atoms with Gasteiger partial charge in [0.1, 0.15) is 22.3 Å². The lowest BCUT2D eigenvalue weighted by molar-refractivity contribution is 0.265. The van der Waals surface area contributed by atoms with Crippen LogP contribution in [-0.2, 0) is 10.0 Å². The first-order valence-electron chi connectivity index (χ1n) is 11.3. The Kier molecular flexibility index (Phi) is 9.36. The summed E-state index contributed by atoms with van der Waals surface area (Å²) in [5, 5.41) is 1.79. The fourth-order valence-corrected chi connectivity index (χ4v) is 5.68. The van der Waals surface area contributed by atoms with E-state index in [2.05, 4.69) is 15.8 Å². The third-order valence-electron chi connectivity index (χ3n) is 5.35. The molecule has 0 radical (unpaired) electrons. The summed E-state index contributed by atoms with van der Waals surface area (Å²) in [6.45, 7) is 4.64. The molecule has 2 aromatic carbocycles. The van der Waals surface area contributed by atoms with Crippen molar-refractivity contribution in [3.63, 3.8) is 0 Å². The number of halogens is 2. The minimum atomic E-state index is -4.11. The molecule has 6 nitrogen and oxygen atoms in total. The number of allylic oxidation sites excluding steroid dienone is 1. The summed E-state index contributed by atoms with van der Waals surface area (Å²) in [5.41, 5.74) is 7.38. The molecule has 1 atom stereocenters. The number of nitrogens with two attached hydrogens (primary N) is 1. The maximum Gasteiger partial charge on any atom is 0.266 e. The second-order valence-corrected chi connectivity index (χ2v) is 10.5. The zero-order valence-corrected chi connectivity index (χ0v) is 21.3. The lowest BCUT2D eigenvalue weighted by atomic mass is 9.84. The predicted molar refractivity (Wildman–Crippen MR) is 136 cm³/mol. The van der Waals surface area contributed by atoms with E-state index in [1.165, 1.54) is 24.4 Å². The normalized spacial score (nSPS) is 15.6. The molecule has 0 fully saturated rings. The van der Waals surface area contributed by atoms with Gasteiger partial charge in [-0.25, -0.2) is 22.2 Å². The molecule has 1 unspecified atom stereocenters. The Bertz CT molecular complexity index is 1250. The van der Waals surface area contributed by atoms with Gasteiger partial charge in [0.05, 0.1) is 6.61 Å². The largest absolute Gasteiger partial charge is 0.493 e. The van der Waals surface area contributed by atoms with Gasteiger partial charge in [0, 0.05) is 23.6 Å². The van der Waals surface area contributed by atoms with Gasteiger partial charge in [0.15, 0.2) is 5.13 Å². The topological polar surface area (TPSA) is 94.3 Å². The first-order chi connectivity index (χ1) is 16.7. The number of thiazole rings is 1. The number of nitrogens with zero attached hydrogens (tertiary/aromatic N) is 1. The summed E-state index contributed by atoms with van der Waals surface area (Å²) in [6.07, 6.45) is 6.44. The van der Waals surface area contributed by atoms with E-state index in [0.29, 0.717) is 17.9 Å². The van der Waals surface area contributed by atoms with Crippen LogP contribution < -0.4 is 15.2 Å². The van der Waals surface area contributed by atoms with E-state index in [1.807, 2.05) is 6.92 Å². The molecule has 3 N–H and O–H groups in total. The van der Waals surface area contributed by atoms with Crippen molar-refractivity contribution in [2.45, 2.75) is 38.0 Å². The Morgan fingerprint density at radius 2 is 1.94 bits per heavy atom. The van der Waals surface area contributed by atoms with Crippen LogP contribution in [0.15, 0.2) is 58.9 Å². The molecule has 0 aliphatic heterocycles. The molecule has 4 rings (SSSR count). The fourth-order valence-electron chi connectivity index (χ4n) is 3.75. The summed E-state index contributed by atoms with van der Waals surface area (Å²) in [7, 11) is -4.11. The van der Waals surface area contributed by atoms with Crippen molar-refractivity contribution in [3.8, 4) is 5.75 Å². The maximum atomic E-state index is 14.7. The van der Waals surface area contributed by atoms with Gasteiger partial charge in [-0.2, -0.15) is 0 Å². The molecule has 1 aromatic heterocycles. The zero-order chi connectivity index (χ0) is 25.4. The second-order valence-electron chi connectivity index (χ2n) is 8.00. The summed E-state index contributed by atoms with van der Waals surface area (Å²) < 4.78 is 61.3. The highest BCUT2D eigenvalue weighted by Gasteiger charge is 2.24. The number of nitrogens with one attached hydrogen (secondary N) is 1. The third-order valence-corrected chi connectivity index (χ3v) is 7.52. The summed E-state index contributed by atoms with van der Waals surface area (Å²) >= 11 is 1.11. The van der Waals surface area contributed by atoms with E-state index in [1.54, 1.807) is 24.4 Å². The smallest absolute Gasteiger partial charge is 0.266 e. The van der Waals surface area contributed by atoms with Gasteiger partial charge in [-0.15, -0.1) is 11.3 Å². The van der Waals surface area contributed by atoms with Crippen LogP contribution in [-0.4, -0.2) is 26.6 Å². The van der Waals surface area contributed by atoms with E-state index in [4.69, 9.17) is 10.5 Å². The Hall–Kier alpha value is -2.82. The van der Waals surface area contributed by atoms with Crippen LogP contribution in [0, 0.1) is 24.5 Å². The number of rotatable bonds is 7. The molecule has 0 saturated heterocycles. The van der Waals surface area contributed by atoms with E-state index in [9.17, 15) is 17.2 Å². The first kappa shape index (κ1) is 26.8. The van der Waals surface area contributed by atoms with Crippen LogP contribution in [0.4, 0.5) is 13.9 Å². The number of aromatic nitrogens is 1. The molecule has 0 spiro atoms. The number of hydrogen-bond acceptors (Lipinski definition) is 6. The van der Waals surface area contributed by atoms with Crippen LogP contribution in [0.2, 0.25) is 0 Å². The minimum Gasteiger partial charge on any atom is -0.493 e. The lowest BCUT2D eigenvalue weighted by Gasteiger charge is -2.25. The molecule has 1 aliphatic carbocycles. The highest BCUT2D eigenvalue weighted by molar-refractivity contribution is 7.93. The zero-order valence-electron chi connectivity index (χ0n) is 19.6. The second kappa shape index (κ2) is 12.2. The quantitative estimate of drug-likeness (QED) is 0.412. The van der Waals surface area contributed by atoms with E-state index in [-0.39, 0.29) is 16.9 Å². The Morgan fingerprint density at radius 1 is 1.23 bits per heavy atom. The highest BCUT2D eigenvalue weighted by atomic mass is 32.2. The van der Waals surface area contributed by atoms with Gasteiger partial charge >= 0.3 is 0 Å². The molecule has 35 heavy (non-hydrogen) atoms. The first-order valence-corrected chi connectivity index (χ1v) is 13.6. The van der Waals surface area contributed by atoms with Crippen molar-refractivity contribution in [3.05, 3.63) is 76.8 Å². The third kappa shape index (κ3) is 7.09. The van der Waals surface area contributed by atoms with Gasteiger partial charge in [-0.05, 0) is 67.6 Å². The Balaban J connectivity index is 0.00000108. The number of benzene rings is 2. The van der Waals surface area contributed by atoms with E-state index >= 15 is 0 Å². The molecular formula is C25H29F2N3O3S2. The fraction of sp³-hybridized carbons (Fsp3) is 0.320. The van der Waals surface area contributed by atoms with Crippen molar-refractivity contribution < 1.29 is 21.9 Å². The number of anilines is 1. The molecule has 0 bridgehead atoms. The number of hydrogen-bond donors (Lipinski definition) is 2. The van der Waals surface area contributed by atoms with Gasteiger partial charge in [-0.3, -0.25) is 4.72 Å². The van der Waals surface area contributed by atoms with Crippen molar-refractivity contribution in [2.75, 3.05) is 17.9 Å². The number of sulfonamides is 1. The van der Waals surface area contributed by atoms with Crippen molar-refractivity contribution in [1.29, 1.82) is 0 Å². The number of ether oxygens (including phenoxy) is 1. The highest BCUT2D eigenvalue weighted by Crippen LogP contribution is 2.34. The van der Waals surface area contributed by atoms with Crippen molar-refractivity contribution in [2.24, 2.45) is 11.7 Å². The SMILES string of the molecule is CCN.Cc1cc(S(=O)(=O)Nc2nccs2)c(F)cc1OCC1CCCC=C1c1ccc(F)cc1. The van der Waals surface area contributed by atoms with Crippen LogP contribution >= 0.6 is 11.3 Å². The molecule has 10 heteroatoms. The van der Waals surface area contributed by atoms with E-state index < -0.39 is 20.7 Å². The summed E-state index contributed by atoms with van der Waals surface area (Å²) in [4.78, 5) is 3.41. The Labute approximate surface area is 208 Å². The van der Waals surface area contributed by atoms with Crippen molar-refractivity contribution in [1.82, 2.24) is 4.98 Å². The average molecular weight is 522 g/mol. The van der Waals surface area contributed by atoms with E-state index in [0.717, 1.165) is 54.3 Å². The van der Waals surface area contributed by atoms with Gasteiger partial charge in [0.25, 0.3) is 10.0 Å². The molecule has 1 heterocycles. The molecule has 188 valence electrons. The molecular weight excluding hydrogens is 492 g/mol. The van der Waals surface area contributed by atoms with Crippen LogP contribution in [0.3, 0.4) is 0 Å². The van der Waals surface area contributed by atoms with Crippen LogP contribution in [0.25, 0.3) is 5.57 Å². The predicted octanol–water partition coefficient (Wildman–Crippen LogP) is 5.76. The molecule has 1 aliphatic rings. The summed E-state index contributed by atoms with van der Waals surface area (Å²) in [6, 6.07) is 8.73. The maximum absolute atomic E-state index is 14.7. The minimum absolute atomic E-state index is 0.0756. The molecule has 0 amide bonds. The van der Waals surface area contributed by atoms with Crippen LogP contribution in [0.5, 0.6) is 5.75 Å². The standard InChI is InChI=1S/C23H22F2N2O3S2.C2H7N/c1-15-12-22(32(28,29)27-23-26-10-11-31-23)20(25)13-21(15)30-14-17-4-2-3-5-19(17)16-6-8-18(24)9-7-16;1-2-3/h5-13,17H,2-4,14H2,1H3,(H,26,27);2-3H2,1H3. The molecule has 0 saturated carbocycles. The Morgan fingerprint density at radius 3 is 2.60 bits per heavy atom. The van der Waals surface area contributed by atoms with Crippen LogP contribution in [0.1, 0.15) is 37.3 Å². The van der Waals surface area contributed by atoms with Gasteiger partial charge in [0.2, 0.25) is 0 Å². The van der Waals surface area contributed by atoms with Gasteiger partial charge in [-0.1, -0.05) is 25.1 Å². The monoisotopic (exact) mass is 521 g/mol. The van der Waals surface area contributed by atoms with Gasteiger partial charge < -0.3 is 10.5 Å². The number of aryl methyl sites for hydroxylation is 1. The average Bonchev–Trinajstić information content (AvgIpc) is 3.33. The summed E-state index contributed by atoms with van der Waals surface area (Å²) in [5.74, 6) is -0.817. The van der Waals surface area contributed by atoms with Crippen molar-refractivity contribution >= 4 is 32.1 Å². The molecule has 3 aromatic rings. The lowest BCUT2D eigenvalue weighted by Crippen LogP contribution is -2.18.